The van der Waals surface area contributed by atoms with E-state index in [4.69, 9.17) is 0 Å². The highest BCUT2D eigenvalue weighted by Gasteiger charge is 2.43. The fraction of sp³-hybridized carbons (Fsp3) is 0.321. The van der Waals surface area contributed by atoms with Crippen molar-refractivity contribution >= 4 is 11.8 Å². The van der Waals surface area contributed by atoms with Gasteiger partial charge < -0.3 is 10.2 Å². The van der Waals surface area contributed by atoms with Crippen molar-refractivity contribution in [1.29, 1.82) is 0 Å². The molecule has 33 heavy (non-hydrogen) atoms. The summed E-state index contributed by atoms with van der Waals surface area (Å²) in [4.78, 5) is 32.5. The van der Waals surface area contributed by atoms with Gasteiger partial charge in [0, 0.05) is 44.5 Å². The molecule has 5 heteroatoms. The molecule has 0 saturated carbocycles. The Morgan fingerprint density at radius 2 is 1.82 bits per heavy atom. The number of aryl methyl sites for hydroxylation is 1. The van der Waals surface area contributed by atoms with Crippen molar-refractivity contribution in [3.63, 3.8) is 0 Å². The van der Waals surface area contributed by atoms with Gasteiger partial charge in [-0.2, -0.15) is 0 Å². The van der Waals surface area contributed by atoms with Gasteiger partial charge in [0.1, 0.15) is 0 Å². The lowest BCUT2D eigenvalue weighted by atomic mass is 9.73. The molecule has 1 aliphatic heterocycles. The average molecular weight is 442 g/mol. The van der Waals surface area contributed by atoms with Gasteiger partial charge in [-0.05, 0) is 48.4 Å². The maximum absolute atomic E-state index is 13.2. The molecule has 1 N–H and O–H groups in total. The number of likely N-dealkylation sites (tertiary alicyclic amines) is 1. The normalized spacial score (nSPS) is 18.0. The first-order chi connectivity index (χ1) is 16.1. The lowest BCUT2D eigenvalue weighted by Crippen LogP contribution is -2.54. The number of hydrogen-bond donors (Lipinski definition) is 1. The fourth-order valence-corrected chi connectivity index (χ4v) is 4.92. The summed E-state index contributed by atoms with van der Waals surface area (Å²) in [6, 6.07) is 22.2. The second-order valence-corrected chi connectivity index (χ2v) is 8.84. The quantitative estimate of drug-likeness (QED) is 0.595. The second-order valence-electron chi connectivity index (χ2n) is 8.84. The van der Waals surface area contributed by atoms with Crippen molar-refractivity contribution in [3.8, 4) is 11.1 Å². The molecule has 1 aromatic heterocycles. The second kappa shape index (κ2) is 10.4. The van der Waals surface area contributed by atoms with E-state index >= 15 is 0 Å². The maximum atomic E-state index is 13.2. The summed E-state index contributed by atoms with van der Waals surface area (Å²) in [5.41, 5.74) is 3.74. The van der Waals surface area contributed by atoms with Crippen LogP contribution in [0.3, 0.4) is 0 Å². The molecular weight excluding hydrogens is 410 g/mol. The van der Waals surface area contributed by atoms with Crippen LogP contribution in [0.15, 0.2) is 79.1 Å². The SMILES string of the molecule is CNC(=O)C1(Cc2ccccc2-c2cccnc2)CCCN(C(=O)CCc2ccccc2)C1. The summed E-state index contributed by atoms with van der Waals surface area (Å²) in [6.07, 6.45) is 6.95. The molecule has 0 aliphatic carbocycles. The minimum absolute atomic E-state index is 0.00375. The third-order valence-electron chi connectivity index (χ3n) is 6.63. The van der Waals surface area contributed by atoms with Crippen LogP contribution < -0.4 is 5.32 Å². The van der Waals surface area contributed by atoms with E-state index in [1.807, 2.05) is 65.7 Å². The molecule has 1 fully saturated rings. The highest BCUT2D eigenvalue weighted by molar-refractivity contribution is 5.85. The Morgan fingerprint density at radius 1 is 1.03 bits per heavy atom. The van der Waals surface area contributed by atoms with Crippen molar-refractivity contribution in [1.82, 2.24) is 15.2 Å². The zero-order valence-electron chi connectivity index (χ0n) is 19.2. The summed E-state index contributed by atoms with van der Waals surface area (Å²) in [6.45, 7) is 1.15. The number of rotatable bonds is 7. The number of pyridine rings is 1. The predicted octanol–water partition coefficient (Wildman–Crippen LogP) is 4.28. The number of nitrogens with zero attached hydrogens (tertiary/aromatic N) is 2. The van der Waals surface area contributed by atoms with Gasteiger partial charge in [0.25, 0.3) is 0 Å². The van der Waals surface area contributed by atoms with E-state index in [0.29, 0.717) is 32.4 Å². The number of hydrogen-bond acceptors (Lipinski definition) is 3. The molecule has 3 aromatic rings. The topological polar surface area (TPSA) is 62.3 Å². The third kappa shape index (κ3) is 5.30. The van der Waals surface area contributed by atoms with E-state index in [0.717, 1.165) is 35.1 Å². The van der Waals surface area contributed by atoms with Gasteiger partial charge in [-0.15, -0.1) is 0 Å². The Bertz CT molecular complexity index is 1080. The minimum atomic E-state index is -0.645. The van der Waals surface area contributed by atoms with E-state index in [1.165, 1.54) is 0 Å². The molecule has 1 atom stereocenters. The van der Waals surface area contributed by atoms with E-state index in [-0.39, 0.29) is 11.8 Å². The number of nitrogens with one attached hydrogen (secondary N) is 1. The molecule has 0 spiro atoms. The number of carbonyl (C=O) groups excluding carboxylic acids is 2. The van der Waals surface area contributed by atoms with E-state index in [2.05, 4.69) is 22.4 Å². The molecule has 0 bridgehead atoms. The monoisotopic (exact) mass is 441 g/mol. The van der Waals surface area contributed by atoms with Crippen molar-refractivity contribution < 1.29 is 9.59 Å². The summed E-state index contributed by atoms with van der Waals surface area (Å²) in [5, 5.41) is 2.88. The minimum Gasteiger partial charge on any atom is -0.359 e. The van der Waals surface area contributed by atoms with E-state index in [9.17, 15) is 9.59 Å². The van der Waals surface area contributed by atoms with Crippen LogP contribution in [-0.4, -0.2) is 41.8 Å². The first-order valence-electron chi connectivity index (χ1n) is 11.6. The van der Waals surface area contributed by atoms with Crippen LogP contribution >= 0.6 is 0 Å². The van der Waals surface area contributed by atoms with Crippen LogP contribution in [0.1, 0.15) is 30.4 Å². The van der Waals surface area contributed by atoms with Gasteiger partial charge in [-0.3, -0.25) is 14.6 Å². The Hall–Kier alpha value is -3.47. The summed E-state index contributed by atoms with van der Waals surface area (Å²) in [5.74, 6) is 0.122. The predicted molar refractivity (Wildman–Crippen MR) is 130 cm³/mol. The molecular formula is C28H31N3O2. The number of carbonyl (C=O) groups is 2. The molecule has 2 amide bonds. The lowest BCUT2D eigenvalue weighted by Gasteiger charge is -2.42. The average Bonchev–Trinajstić information content (AvgIpc) is 2.88. The van der Waals surface area contributed by atoms with Crippen molar-refractivity contribution in [2.45, 2.75) is 32.1 Å². The van der Waals surface area contributed by atoms with Crippen molar-refractivity contribution in [2.75, 3.05) is 20.1 Å². The van der Waals surface area contributed by atoms with Crippen LogP contribution in [0, 0.1) is 5.41 Å². The summed E-state index contributed by atoms with van der Waals surface area (Å²) >= 11 is 0. The Kier molecular flexibility index (Phi) is 7.18. The zero-order valence-corrected chi connectivity index (χ0v) is 19.2. The number of amides is 2. The van der Waals surface area contributed by atoms with Gasteiger partial charge >= 0.3 is 0 Å². The van der Waals surface area contributed by atoms with Crippen LogP contribution in [0.4, 0.5) is 0 Å². The fourth-order valence-electron chi connectivity index (χ4n) is 4.92. The number of piperidine rings is 1. The summed E-state index contributed by atoms with van der Waals surface area (Å²) in [7, 11) is 1.69. The maximum Gasteiger partial charge on any atom is 0.228 e. The molecule has 170 valence electrons. The first kappa shape index (κ1) is 22.7. The van der Waals surface area contributed by atoms with Crippen LogP contribution in [0.25, 0.3) is 11.1 Å². The van der Waals surface area contributed by atoms with E-state index in [1.54, 1.807) is 13.2 Å². The van der Waals surface area contributed by atoms with Crippen molar-refractivity contribution in [2.24, 2.45) is 5.41 Å². The molecule has 1 aliphatic rings. The van der Waals surface area contributed by atoms with Crippen LogP contribution in [0.2, 0.25) is 0 Å². The van der Waals surface area contributed by atoms with Crippen molar-refractivity contribution in [3.05, 3.63) is 90.3 Å². The van der Waals surface area contributed by atoms with E-state index < -0.39 is 5.41 Å². The smallest absolute Gasteiger partial charge is 0.228 e. The van der Waals surface area contributed by atoms with Gasteiger partial charge in [0.15, 0.2) is 0 Å². The largest absolute Gasteiger partial charge is 0.359 e. The first-order valence-corrected chi connectivity index (χ1v) is 11.6. The molecule has 0 radical (unpaired) electrons. The van der Waals surface area contributed by atoms with Crippen LogP contribution in [0.5, 0.6) is 0 Å². The standard InChI is InChI=1S/C28H31N3O2/c1-29-27(33)28(19-23-11-5-6-13-25(23)24-12-7-17-30-20-24)16-8-18-31(21-28)26(32)15-14-22-9-3-2-4-10-22/h2-7,9-13,17,20H,8,14-16,18-19,21H2,1H3,(H,29,33). The summed E-state index contributed by atoms with van der Waals surface area (Å²) < 4.78 is 0. The van der Waals surface area contributed by atoms with Crippen LogP contribution in [-0.2, 0) is 22.4 Å². The lowest BCUT2D eigenvalue weighted by molar-refractivity contribution is -0.141. The Morgan fingerprint density at radius 3 is 2.58 bits per heavy atom. The molecule has 1 unspecified atom stereocenters. The molecule has 2 heterocycles. The molecule has 4 rings (SSSR count). The highest BCUT2D eigenvalue weighted by Crippen LogP contribution is 2.37. The Balaban J connectivity index is 1.55. The van der Waals surface area contributed by atoms with Gasteiger partial charge in [0.05, 0.1) is 5.41 Å². The number of benzene rings is 2. The van der Waals surface area contributed by atoms with Gasteiger partial charge in [-0.25, -0.2) is 0 Å². The molecule has 1 saturated heterocycles. The molecule has 2 aromatic carbocycles. The third-order valence-corrected chi connectivity index (χ3v) is 6.63. The van der Waals surface area contributed by atoms with Gasteiger partial charge in [-0.1, -0.05) is 60.7 Å². The highest BCUT2D eigenvalue weighted by atomic mass is 16.2. The Labute approximate surface area is 195 Å². The number of aromatic nitrogens is 1. The molecule has 5 nitrogen and oxygen atoms in total. The van der Waals surface area contributed by atoms with Gasteiger partial charge in [0.2, 0.25) is 11.8 Å². The zero-order chi connectivity index (χ0) is 23.1.